The highest BCUT2D eigenvalue weighted by Gasteiger charge is 1.85. The normalized spacial score (nSPS) is 10.0. The molecule has 0 aromatic heterocycles. The molecule has 0 aliphatic heterocycles. The van der Waals surface area contributed by atoms with Gasteiger partial charge in [-0.25, -0.2) is 5.53 Å². The van der Waals surface area contributed by atoms with E-state index in [1.54, 1.807) is 6.20 Å². The Kier molecular flexibility index (Phi) is 3.08. The van der Waals surface area contributed by atoms with Crippen LogP contribution in [0.1, 0.15) is 0 Å². The van der Waals surface area contributed by atoms with Crippen LogP contribution in [-0.2, 0) is 0 Å². The van der Waals surface area contributed by atoms with E-state index >= 15 is 0 Å². The first-order chi connectivity index (χ1) is 5.83. The first-order valence-electron chi connectivity index (χ1n) is 3.68. The number of nitrogens with one attached hydrogen (secondary N) is 2. The maximum absolute atomic E-state index is 6.50. The summed E-state index contributed by atoms with van der Waals surface area (Å²) in [4.78, 5) is 0. The molecule has 0 heterocycles. The Balaban J connectivity index is 2.58. The second-order valence-corrected chi connectivity index (χ2v) is 2.46. The molecule has 0 atom stereocenters. The van der Waals surface area contributed by atoms with E-state index in [2.05, 4.69) is 10.4 Å². The molecule has 1 aromatic carbocycles. The lowest BCUT2D eigenvalue weighted by molar-refractivity contribution is 1.14. The molecule has 0 fully saturated rings. The molecule has 0 saturated carbocycles. The SMILES string of the molecule is Bc1ccc(N/C=C\N=N)cc1. The predicted octanol–water partition coefficient (Wildman–Crippen LogP) is 0.859. The van der Waals surface area contributed by atoms with Crippen molar-refractivity contribution in [2.45, 2.75) is 0 Å². The minimum Gasteiger partial charge on any atom is -0.360 e. The molecule has 0 unspecified atom stereocenters. The third-order valence-electron chi connectivity index (χ3n) is 1.45. The molecule has 3 nitrogen and oxygen atoms in total. The van der Waals surface area contributed by atoms with E-state index in [0.717, 1.165) is 5.69 Å². The lowest BCUT2D eigenvalue weighted by atomic mass is 9.96. The van der Waals surface area contributed by atoms with Gasteiger partial charge in [-0.15, -0.1) is 0 Å². The number of hydrogen-bond acceptors (Lipinski definition) is 3. The largest absolute Gasteiger partial charge is 0.360 e. The molecule has 0 aliphatic carbocycles. The summed E-state index contributed by atoms with van der Waals surface area (Å²) < 4.78 is 0. The zero-order chi connectivity index (χ0) is 8.81. The van der Waals surface area contributed by atoms with Gasteiger partial charge < -0.3 is 5.32 Å². The molecule has 1 aromatic rings. The van der Waals surface area contributed by atoms with Crippen molar-refractivity contribution in [1.29, 1.82) is 5.53 Å². The van der Waals surface area contributed by atoms with Crippen molar-refractivity contribution in [1.82, 2.24) is 0 Å². The van der Waals surface area contributed by atoms with Gasteiger partial charge in [-0.3, -0.25) is 0 Å². The summed E-state index contributed by atoms with van der Waals surface area (Å²) in [6.45, 7) is 0. The van der Waals surface area contributed by atoms with Crippen molar-refractivity contribution in [3.8, 4) is 0 Å². The second-order valence-electron chi connectivity index (χ2n) is 2.46. The average Bonchev–Trinajstić information content (AvgIpc) is 2.09. The van der Waals surface area contributed by atoms with E-state index in [1.807, 2.05) is 32.1 Å². The maximum Gasteiger partial charge on any atom is 0.139 e. The number of anilines is 1. The summed E-state index contributed by atoms with van der Waals surface area (Å²) >= 11 is 0. The molecular formula is C8H10BN3. The number of benzene rings is 1. The Morgan fingerprint density at radius 1 is 1.33 bits per heavy atom. The highest BCUT2D eigenvalue weighted by atomic mass is 14.9. The van der Waals surface area contributed by atoms with Gasteiger partial charge in [0, 0.05) is 11.9 Å². The molecule has 0 amide bonds. The first-order valence-corrected chi connectivity index (χ1v) is 3.68. The van der Waals surface area contributed by atoms with Gasteiger partial charge in [0.05, 0.1) is 6.20 Å². The predicted molar refractivity (Wildman–Crippen MR) is 52.5 cm³/mol. The molecule has 2 N–H and O–H groups in total. The van der Waals surface area contributed by atoms with Crippen LogP contribution in [0.2, 0.25) is 0 Å². The summed E-state index contributed by atoms with van der Waals surface area (Å²) in [7, 11) is 2.04. The minimum absolute atomic E-state index is 1.00. The molecule has 0 bridgehead atoms. The van der Waals surface area contributed by atoms with E-state index < -0.39 is 0 Å². The molecule has 4 heteroatoms. The van der Waals surface area contributed by atoms with Gasteiger partial charge >= 0.3 is 0 Å². The number of nitrogens with zero attached hydrogens (tertiary/aromatic N) is 1. The highest BCUT2D eigenvalue weighted by Crippen LogP contribution is 2.02. The molecule has 60 valence electrons. The van der Waals surface area contributed by atoms with Crippen LogP contribution >= 0.6 is 0 Å². The zero-order valence-electron chi connectivity index (χ0n) is 6.91. The van der Waals surface area contributed by atoms with Gasteiger partial charge in [-0.05, 0) is 12.1 Å². The summed E-state index contributed by atoms with van der Waals surface area (Å²) in [5, 5.41) is 6.05. The molecule has 0 aliphatic rings. The van der Waals surface area contributed by atoms with Crippen LogP contribution in [0.25, 0.3) is 0 Å². The van der Waals surface area contributed by atoms with Crippen LogP contribution in [0.3, 0.4) is 0 Å². The van der Waals surface area contributed by atoms with Crippen molar-refractivity contribution >= 4 is 19.0 Å². The van der Waals surface area contributed by atoms with E-state index in [-0.39, 0.29) is 0 Å². The summed E-state index contributed by atoms with van der Waals surface area (Å²) in [5.41, 5.74) is 8.73. The lowest BCUT2D eigenvalue weighted by Crippen LogP contribution is -2.00. The Hall–Kier alpha value is -1.58. The van der Waals surface area contributed by atoms with Crippen molar-refractivity contribution < 1.29 is 0 Å². The fraction of sp³-hybridized carbons (Fsp3) is 0. The van der Waals surface area contributed by atoms with Crippen molar-refractivity contribution in [2.75, 3.05) is 5.32 Å². The van der Waals surface area contributed by atoms with Gasteiger partial charge in [0.1, 0.15) is 7.85 Å². The first kappa shape index (κ1) is 8.52. The van der Waals surface area contributed by atoms with Gasteiger partial charge in [0.15, 0.2) is 0 Å². The summed E-state index contributed by atoms with van der Waals surface area (Å²) in [5.74, 6) is 0. The Morgan fingerprint density at radius 3 is 2.58 bits per heavy atom. The minimum atomic E-state index is 1.00. The van der Waals surface area contributed by atoms with Crippen molar-refractivity contribution in [3.05, 3.63) is 36.7 Å². The quantitative estimate of drug-likeness (QED) is 0.498. The van der Waals surface area contributed by atoms with E-state index in [9.17, 15) is 0 Å². The van der Waals surface area contributed by atoms with Crippen LogP contribution in [0.15, 0.2) is 41.8 Å². The molecule has 0 saturated heterocycles. The summed E-state index contributed by atoms with van der Waals surface area (Å²) in [6.07, 6.45) is 3.01. The van der Waals surface area contributed by atoms with E-state index in [1.165, 1.54) is 11.7 Å². The monoisotopic (exact) mass is 159 g/mol. The fourth-order valence-electron chi connectivity index (χ4n) is 0.821. The Bertz CT molecular complexity index is 279. The highest BCUT2D eigenvalue weighted by molar-refractivity contribution is 6.32. The lowest BCUT2D eigenvalue weighted by Gasteiger charge is -1.99. The molecule has 1 rings (SSSR count). The third kappa shape index (κ3) is 2.58. The van der Waals surface area contributed by atoms with Crippen molar-refractivity contribution in [2.24, 2.45) is 5.11 Å². The molecule has 0 spiro atoms. The average molecular weight is 159 g/mol. The van der Waals surface area contributed by atoms with Crippen LogP contribution in [0, 0.1) is 5.53 Å². The summed E-state index contributed by atoms with van der Waals surface area (Å²) in [6, 6.07) is 8.00. The molecule has 12 heavy (non-hydrogen) atoms. The second kappa shape index (κ2) is 4.33. The number of rotatable bonds is 3. The van der Waals surface area contributed by atoms with Crippen LogP contribution < -0.4 is 10.8 Å². The van der Waals surface area contributed by atoms with Crippen LogP contribution in [-0.4, -0.2) is 7.85 Å². The Labute approximate surface area is 72.4 Å². The van der Waals surface area contributed by atoms with Gasteiger partial charge in [-0.2, -0.15) is 5.11 Å². The standard InChI is InChI=1S/C8H10BN3/c9-7-1-3-8(4-2-7)11-5-6-12-10/h1-6,10-11H,9H2/b6-5-,12-10?. The number of hydrogen-bond donors (Lipinski definition) is 2. The zero-order valence-corrected chi connectivity index (χ0v) is 6.91. The Morgan fingerprint density at radius 2 is 2.00 bits per heavy atom. The fourth-order valence-corrected chi connectivity index (χ4v) is 0.821. The van der Waals surface area contributed by atoms with Crippen LogP contribution in [0.5, 0.6) is 0 Å². The molecular weight excluding hydrogens is 149 g/mol. The van der Waals surface area contributed by atoms with E-state index in [0.29, 0.717) is 0 Å². The third-order valence-corrected chi connectivity index (χ3v) is 1.45. The van der Waals surface area contributed by atoms with Gasteiger partial charge in [-0.1, -0.05) is 17.6 Å². The van der Waals surface area contributed by atoms with Gasteiger partial charge in [0.25, 0.3) is 0 Å². The van der Waals surface area contributed by atoms with Gasteiger partial charge in [0.2, 0.25) is 0 Å². The van der Waals surface area contributed by atoms with Crippen LogP contribution in [0.4, 0.5) is 5.69 Å². The smallest absolute Gasteiger partial charge is 0.139 e. The maximum atomic E-state index is 6.50. The van der Waals surface area contributed by atoms with Crippen molar-refractivity contribution in [3.63, 3.8) is 0 Å². The topological polar surface area (TPSA) is 48.2 Å². The van der Waals surface area contributed by atoms with E-state index in [4.69, 9.17) is 5.53 Å². The molecule has 0 radical (unpaired) electrons.